The van der Waals surface area contributed by atoms with Gasteiger partial charge in [-0.05, 0) is 29.8 Å². The number of carbonyl (C=O) groups excluding carboxylic acids is 2. The highest BCUT2D eigenvalue weighted by molar-refractivity contribution is 5.93. The van der Waals surface area contributed by atoms with Gasteiger partial charge in [-0.1, -0.05) is 23.4 Å². The number of benzene rings is 2. The summed E-state index contributed by atoms with van der Waals surface area (Å²) in [6.45, 7) is 0.419. The molecule has 0 unspecified atom stereocenters. The monoisotopic (exact) mass is 410 g/mol. The number of methoxy groups -OCH3 is 1. The Labute approximate surface area is 171 Å². The summed E-state index contributed by atoms with van der Waals surface area (Å²) in [5, 5.41) is 9.07. The van der Waals surface area contributed by atoms with Crippen LogP contribution in [0.5, 0.6) is 17.2 Å². The molecule has 0 aliphatic carbocycles. The second-order valence-corrected chi connectivity index (χ2v) is 6.31. The van der Waals surface area contributed by atoms with Crippen molar-refractivity contribution in [1.82, 2.24) is 15.5 Å². The van der Waals surface area contributed by atoms with Crippen molar-refractivity contribution in [2.24, 2.45) is 0 Å². The molecular weight excluding hydrogens is 392 g/mol. The van der Waals surface area contributed by atoms with Gasteiger partial charge >= 0.3 is 11.8 Å². The number of hydrogen-bond acceptors (Lipinski definition) is 8. The molecule has 2 heterocycles. The third-order valence-electron chi connectivity index (χ3n) is 4.25. The fraction of sp³-hybridized carbons (Fsp3) is 0.200. The number of nitrogens with zero attached hydrogens (tertiary/aromatic N) is 2. The highest BCUT2D eigenvalue weighted by atomic mass is 16.7. The van der Waals surface area contributed by atoms with Crippen LogP contribution in [0.25, 0.3) is 0 Å². The first-order valence-corrected chi connectivity index (χ1v) is 9.04. The Hall–Kier alpha value is -4.08. The van der Waals surface area contributed by atoms with Crippen LogP contribution in [0.2, 0.25) is 0 Å². The minimum Gasteiger partial charge on any atom is -0.495 e. The maximum absolute atomic E-state index is 12.2. The first-order valence-electron chi connectivity index (χ1n) is 9.04. The topological polar surface area (TPSA) is 125 Å². The molecular formula is C20H18N4O6. The van der Waals surface area contributed by atoms with Gasteiger partial charge in [-0.2, -0.15) is 4.98 Å². The number of aromatic nitrogens is 2. The summed E-state index contributed by atoms with van der Waals surface area (Å²) in [7, 11) is 1.51. The number of para-hydroxylation sites is 2. The Morgan fingerprint density at radius 2 is 1.97 bits per heavy atom. The van der Waals surface area contributed by atoms with Gasteiger partial charge in [0.15, 0.2) is 17.3 Å². The van der Waals surface area contributed by atoms with Gasteiger partial charge in [0.2, 0.25) is 12.7 Å². The SMILES string of the molecule is COc1ccccc1NC(=O)Cc1noc(C(=O)NCc2ccc3c(c2)OCO3)n1. The molecule has 0 bridgehead atoms. The van der Waals surface area contributed by atoms with Crippen molar-refractivity contribution >= 4 is 17.5 Å². The Bertz CT molecular complexity index is 1080. The lowest BCUT2D eigenvalue weighted by atomic mass is 10.2. The van der Waals surface area contributed by atoms with Crippen molar-refractivity contribution in [3.8, 4) is 17.2 Å². The first-order chi connectivity index (χ1) is 14.6. The van der Waals surface area contributed by atoms with Crippen LogP contribution in [-0.4, -0.2) is 35.9 Å². The molecule has 1 aromatic heterocycles. The average Bonchev–Trinajstić information content (AvgIpc) is 3.41. The second kappa shape index (κ2) is 8.52. The second-order valence-electron chi connectivity index (χ2n) is 6.31. The van der Waals surface area contributed by atoms with E-state index in [4.69, 9.17) is 18.7 Å². The molecule has 2 amide bonds. The third kappa shape index (κ3) is 4.32. The molecule has 0 saturated carbocycles. The fourth-order valence-electron chi connectivity index (χ4n) is 2.81. The Morgan fingerprint density at radius 3 is 2.83 bits per heavy atom. The Balaban J connectivity index is 1.32. The number of rotatable bonds is 7. The van der Waals surface area contributed by atoms with E-state index in [1.54, 1.807) is 36.4 Å². The predicted molar refractivity (Wildman–Crippen MR) is 103 cm³/mol. The molecule has 3 aromatic rings. The van der Waals surface area contributed by atoms with Gasteiger partial charge in [0.1, 0.15) is 5.75 Å². The van der Waals surface area contributed by atoms with Crippen LogP contribution in [0.4, 0.5) is 5.69 Å². The molecule has 0 saturated heterocycles. The quantitative estimate of drug-likeness (QED) is 0.605. The molecule has 10 heteroatoms. The smallest absolute Gasteiger partial charge is 0.315 e. The summed E-state index contributed by atoms with van der Waals surface area (Å²) < 4.78 is 20.7. The number of carbonyl (C=O) groups is 2. The zero-order valence-electron chi connectivity index (χ0n) is 16.0. The predicted octanol–water partition coefficient (Wildman–Crippen LogP) is 1.92. The zero-order chi connectivity index (χ0) is 20.9. The van der Waals surface area contributed by atoms with Gasteiger partial charge in [-0.25, -0.2) is 0 Å². The highest BCUT2D eigenvalue weighted by Gasteiger charge is 2.18. The summed E-state index contributed by atoms with van der Waals surface area (Å²) in [4.78, 5) is 28.4. The molecule has 2 aromatic carbocycles. The van der Waals surface area contributed by atoms with Gasteiger partial charge in [-0.15, -0.1) is 0 Å². The van der Waals surface area contributed by atoms with E-state index >= 15 is 0 Å². The third-order valence-corrected chi connectivity index (χ3v) is 4.25. The molecule has 0 radical (unpaired) electrons. The van der Waals surface area contributed by atoms with E-state index in [2.05, 4.69) is 20.8 Å². The lowest BCUT2D eigenvalue weighted by Crippen LogP contribution is -2.23. The summed E-state index contributed by atoms with van der Waals surface area (Å²) in [6.07, 6.45) is -0.156. The molecule has 1 aliphatic rings. The van der Waals surface area contributed by atoms with Crippen molar-refractivity contribution in [2.45, 2.75) is 13.0 Å². The van der Waals surface area contributed by atoms with Crippen LogP contribution in [0, 0.1) is 0 Å². The number of hydrogen-bond donors (Lipinski definition) is 2. The van der Waals surface area contributed by atoms with E-state index in [1.165, 1.54) is 7.11 Å². The maximum atomic E-state index is 12.2. The van der Waals surface area contributed by atoms with Crippen molar-refractivity contribution in [1.29, 1.82) is 0 Å². The van der Waals surface area contributed by atoms with Crippen LogP contribution in [0.1, 0.15) is 22.1 Å². The van der Waals surface area contributed by atoms with E-state index in [-0.39, 0.29) is 37.4 Å². The summed E-state index contributed by atoms with van der Waals surface area (Å²) in [5.74, 6) is 0.777. The lowest BCUT2D eigenvalue weighted by molar-refractivity contribution is -0.115. The average molecular weight is 410 g/mol. The number of anilines is 1. The van der Waals surface area contributed by atoms with Crippen molar-refractivity contribution in [3.63, 3.8) is 0 Å². The molecule has 30 heavy (non-hydrogen) atoms. The summed E-state index contributed by atoms with van der Waals surface area (Å²) >= 11 is 0. The molecule has 0 atom stereocenters. The molecule has 1 aliphatic heterocycles. The van der Waals surface area contributed by atoms with E-state index in [0.29, 0.717) is 22.9 Å². The highest BCUT2D eigenvalue weighted by Crippen LogP contribution is 2.32. The number of ether oxygens (including phenoxy) is 3. The minimum atomic E-state index is -0.545. The van der Waals surface area contributed by atoms with E-state index in [9.17, 15) is 9.59 Å². The van der Waals surface area contributed by atoms with Crippen LogP contribution in [-0.2, 0) is 17.8 Å². The largest absolute Gasteiger partial charge is 0.495 e. The van der Waals surface area contributed by atoms with Gasteiger partial charge < -0.3 is 29.4 Å². The van der Waals surface area contributed by atoms with Gasteiger partial charge in [-0.3, -0.25) is 9.59 Å². The van der Waals surface area contributed by atoms with E-state index in [1.807, 2.05) is 6.07 Å². The normalized spacial score (nSPS) is 11.8. The zero-order valence-corrected chi connectivity index (χ0v) is 16.0. The summed E-state index contributed by atoms with van der Waals surface area (Å²) in [6, 6.07) is 12.4. The van der Waals surface area contributed by atoms with Crippen LogP contribution < -0.4 is 24.8 Å². The Morgan fingerprint density at radius 1 is 1.13 bits per heavy atom. The first kappa shape index (κ1) is 19.2. The van der Waals surface area contributed by atoms with Gasteiger partial charge in [0, 0.05) is 6.54 Å². The number of nitrogens with one attached hydrogen (secondary N) is 2. The standard InChI is InChI=1S/C20H18N4O6/c1-27-14-5-3-2-4-13(14)22-18(25)9-17-23-20(30-24-17)19(26)21-10-12-6-7-15-16(8-12)29-11-28-15/h2-8H,9-11H2,1H3,(H,21,26)(H,22,25). The van der Waals surface area contributed by atoms with Crippen LogP contribution in [0.3, 0.4) is 0 Å². The number of amides is 2. The molecule has 154 valence electrons. The van der Waals surface area contributed by atoms with Crippen molar-refractivity contribution in [2.75, 3.05) is 19.2 Å². The van der Waals surface area contributed by atoms with E-state index < -0.39 is 5.91 Å². The Kier molecular flexibility index (Phi) is 5.46. The van der Waals surface area contributed by atoms with E-state index in [0.717, 1.165) is 5.56 Å². The van der Waals surface area contributed by atoms with Crippen molar-refractivity contribution in [3.05, 3.63) is 59.7 Å². The maximum Gasteiger partial charge on any atom is 0.315 e. The fourth-order valence-corrected chi connectivity index (χ4v) is 2.81. The molecule has 4 rings (SSSR count). The van der Waals surface area contributed by atoms with Crippen molar-refractivity contribution < 1.29 is 28.3 Å². The van der Waals surface area contributed by atoms with Crippen LogP contribution in [0.15, 0.2) is 47.0 Å². The minimum absolute atomic E-state index is 0.0932. The summed E-state index contributed by atoms with van der Waals surface area (Å²) in [5.41, 5.74) is 1.35. The van der Waals surface area contributed by atoms with Crippen LogP contribution >= 0.6 is 0 Å². The molecule has 2 N–H and O–H groups in total. The molecule has 0 spiro atoms. The molecule has 0 fully saturated rings. The number of fused-ring (bicyclic) bond motifs is 1. The van der Waals surface area contributed by atoms with Gasteiger partial charge in [0.05, 0.1) is 19.2 Å². The molecule has 10 nitrogen and oxygen atoms in total. The van der Waals surface area contributed by atoms with Gasteiger partial charge in [0.25, 0.3) is 0 Å². The lowest BCUT2D eigenvalue weighted by Gasteiger charge is -2.08.